The molecule has 0 aliphatic heterocycles. The van der Waals surface area contributed by atoms with E-state index in [-0.39, 0.29) is 0 Å². The highest BCUT2D eigenvalue weighted by Crippen LogP contribution is 2.38. The first-order chi connectivity index (χ1) is 12.0. The van der Waals surface area contributed by atoms with E-state index in [1.807, 2.05) is 12.1 Å². The fraction of sp³-hybridized carbons (Fsp3) is 0.350. The number of ether oxygens (including phenoxy) is 4. The molecule has 2 aromatic rings. The van der Waals surface area contributed by atoms with E-state index in [1.54, 1.807) is 24.3 Å². The molecule has 5 nitrogen and oxygen atoms in total. The third-order valence-corrected chi connectivity index (χ3v) is 4.17. The van der Waals surface area contributed by atoms with Gasteiger partial charge in [0.2, 0.25) is 5.75 Å². The van der Waals surface area contributed by atoms with Crippen LogP contribution < -0.4 is 18.9 Å². The second-order valence-electron chi connectivity index (χ2n) is 5.68. The molecule has 2 rings (SSSR count). The van der Waals surface area contributed by atoms with Crippen LogP contribution in [0.5, 0.6) is 23.0 Å². The Labute approximate surface area is 148 Å². The fourth-order valence-electron chi connectivity index (χ4n) is 2.47. The number of carbonyl (C=O) groups excluding carboxylic acids is 1. The van der Waals surface area contributed by atoms with Gasteiger partial charge in [-0.2, -0.15) is 0 Å². The summed E-state index contributed by atoms with van der Waals surface area (Å²) in [6.45, 7) is 4.31. The van der Waals surface area contributed by atoms with E-state index in [9.17, 15) is 4.79 Å². The Balaban J connectivity index is 2.23. The molecular formula is C20H24O5. The lowest BCUT2D eigenvalue weighted by Crippen LogP contribution is -2.09. The highest BCUT2D eigenvalue weighted by Gasteiger charge is 2.18. The summed E-state index contributed by atoms with van der Waals surface area (Å²) in [6.07, 6.45) is 1.06. The van der Waals surface area contributed by atoms with Gasteiger partial charge in [0.1, 0.15) is 5.75 Å². The van der Waals surface area contributed by atoms with Gasteiger partial charge in [0.05, 0.1) is 26.9 Å². The lowest BCUT2D eigenvalue weighted by molar-refractivity contribution is 0.0734. The summed E-state index contributed by atoms with van der Waals surface area (Å²) in [7, 11) is 4.51. The maximum Gasteiger partial charge on any atom is 0.343 e. The number of hydrogen-bond acceptors (Lipinski definition) is 5. The Morgan fingerprint density at radius 1 is 0.960 bits per heavy atom. The van der Waals surface area contributed by atoms with Crippen LogP contribution in [0.15, 0.2) is 36.4 Å². The number of carbonyl (C=O) groups is 1. The van der Waals surface area contributed by atoms with E-state index in [0.717, 1.165) is 6.42 Å². The Kier molecular flexibility index (Phi) is 6.28. The summed E-state index contributed by atoms with van der Waals surface area (Å²) >= 11 is 0. The van der Waals surface area contributed by atoms with Crippen LogP contribution in [-0.4, -0.2) is 27.3 Å². The summed E-state index contributed by atoms with van der Waals surface area (Å²) in [5.41, 5.74) is 1.54. The lowest BCUT2D eigenvalue weighted by atomic mass is 9.99. The van der Waals surface area contributed by atoms with Gasteiger partial charge in [-0.05, 0) is 42.2 Å². The van der Waals surface area contributed by atoms with Gasteiger partial charge in [0.15, 0.2) is 11.5 Å². The molecule has 0 aliphatic rings. The molecule has 0 saturated carbocycles. The summed E-state index contributed by atoms with van der Waals surface area (Å²) in [5.74, 6) is 1.71. The molecule has 0 aromatic heterocycles. The standard InChI is InChI=1S/C20H24O5/c1-6-13(2)14-7-9-16(10-8-14)25-20(21)15-11-17(22-3)19(24-5)18(12-15)23-4/h7-13H,6H2,1-5H3/t13-/m1/s1. The predicted molar refractivity (Wildman–Crippen MR) is 96.2 cm³/mol. The van der Waals surface area contributed by atoms with E-state index in [2.05, 4.69) is 13.8 Å². The molecule has 0 radical (unpaired) electrons. The molecule has 0 saturated heterocycles. The number of hydrogen-bond donors (Lipinski definition) is 0. The normalized spacial score (nSPS) is 11.6. The van der Waals surface area contributed by atoms with Crippen molar-refractivity contribution in [2.75, 3.05) is 21.3 Å². The number of rotatable bonds is 7. The molecule has 0 amide bonds. The molecule has 0 aliphatic carbocycles. The molecular weight excluding hydrogens is 320 g/mol. The molecule has 0 N–H and O–H groups in total. The van der Waals surface area contributed by atoms with Crippen molar-refractivity contribution in [2.45, 2.75) is 26.2 Å². The first kappa shape index (κ1) is 18.6. The van der Waals surface area contributed by atoms with Crippen molar-refractivity contribution in [2.24, 2.45) is 0 Å². The van der Waals surface area contributed by atoms with Gasteiger partial charge in [-0.1, -0.05) is 26.0 Å². The summed E-state index contributed by atoms with van der Waals surface area (Å²) in [5, 5.41) is 0. The monoisotopic (exact) mass is 344 g/mol. The molecule has 5 heteroatoms. The van der Waals surface area contributed by atoms with Crippen LogP contribution in [0.1, 0.15) is 42.1 Å². The van der Waals surface area contributed by atoms with Gasteiger partial charge in [-0.3, -0.25) is 0 Å². The molecule has 0 heterocycles. The van der Waals surface area contributed by atoms with Crippen LogP contribution in [-0.2, 0) is 0 Å². The minimum Gasteiger partial charge on any atom is -0.493 e. The third-order valence-electron chi connectivity index (χ3n) is 4.17. The van der Waals surface area contributed by atoms with E-state index in [4.69, 9.17) is 18.9 Å². The summed E-state index contributed by atoms with van der Waals surface area (Å²) < 4.78 is 21.2. The van der Waals surface area contributed by atoms with E-state index in [0.29, 0.717) is 34.5 Å². The molecule has 0 bridgehead atoms. The highest BCUT2D eigenvalue weighted by molar-refractivity contribution is 5.92. The largest absolute Gasteiger partial charge is 0.493 e. The van der Waals surface area contributed by atoms with Crippen molar-refractivity contribution in [1.29, 1.82) is 0 Å². The van der Waals surface area contributed by atoms with Crippen molar-refractivity contribution in [3.63, 3.8) is 0 Å². The second kappa shape index (κ2) is 8.42. The Morgan fingerprint density at radius 3 is 1.96 bits per heavy atom. The summed E-state index contributed by atoms with van der Waals surface area (Å²) in [6, 6.07) is 10.7. The molecule has 0 spiro atoms. The lowest BCUT2D eigenvalue weighted by Gasteiger charge is -2.14. The molecule has 25 heavy (non-hydrogen) atoms. The average molecular weight is 344 g/mol. The van der Waals surface area contributed by atoms with Crippen molar-refractivity contribution < 1.29 is 23.7 Å². The van der Waals surface area contributed by atoms with Crippen LogP contribution in [0, 0.1) is 0 Å². The van der Waals surface area contributed by atoms with Crippen LogP contribution in [0.3, 0.4) is 0 Å². The topological polar surface area (TPSA) is 54.0 Å². The zero-order valence-electron chi connectivity index (χ0n) is 15.3. The maximum atomic E-state index is 12.5. The van der Waals surface area contributed by atoms with Gasteiger partial charge in [0.25, 0.3) is 0 Å². The molecule has 0 unspecified atom stereocenters. The van der Waals surface area contributed by atoms with Gasteiger partial charge >= 0.3 is 5.97 Å². The number of esters is 1. The molecule has 2 aromatic carbocycles. The van der Waals surface area contributed by atoms with Crippen molar-refractivity contribution in [3.8, 4) is 23.0 Å². The van der Waals surface area contributed by atoms with Gasteiger partial charge in [-0.25, -0.2) is 4.79 Å². The first-order valence-electron chi connectivity index (χ1n) is 8.16. The number of benzene rings is 2. The summed E-state index contributed by atoms with van der Waals surface area (Å²) in [4.78, 5) is 12.5. The maximum absolute atomic E-state index is 12.5. The number of methoxy groups -OCH3 is 3. The average Bonchev–Trinajstić information content (AvgIpc) is 2.66. The van der Waals surface area contributed by atoms with Crippen LogP contribution >= 0.6 is 0 Å². The van der Waals surface area contributed by atoms with Crippen molar-refractivity contribution >= 4 is 5.97 Å². The molecule has 134 valence electrons. The van der Waals surface area contributed by atoms with Crippen LogP contribution in [0.2, 0.25) is 0 Å². The minimum absolute atomic E-state index is 0.320. The molecule has 1 atom stereocenters. The Morgan fingerprint density at radius 2 is 1.52 bits per heavy atom. The van der Waals surface area contributed by atoms with Gasteiger partial charge in [-0.15, -0.1) is 0 Å². The van der Waals surface area contributed by atoms with E-state index >= 15 is 0 Å². The Hall–Kier alpha value is -2.69. The SMILES string of the molecule is CC[C@@H](C)c1ccc(OC(=O)c2cc(OC)c(OC)c(OC)c2)cc1. The molecule has 0 fully saturated rings. The van der Waals surface area contributed by atoms with Crippen LogP contribution in [0.4, 0.5) is 0 Å². The Bertz CT molecular complexity index is 696. The minimum atomic E-state index is -0.490. The zero-order chi connectivity index (χ0) is 18.4. The smallest absolute Gasteiger partial charge is 0.343 e. The van der Waals surface area contributed by atoms with Crippen molar-refractivity contribution in [1.82, 2.24) is 0 Å². The first-order valence-corrected chi connectivity index (χ1v) is 8.16. The zero-order valence-corrected chi connectivity index (χ0v) is 15.3. The third kappa shape index (κ3) is 4.24. The van der Waals surface area contributed by atoms with E-state index in [1.165, 1.54) is 26.9 Å². The van der Waals surface area contributed by atoms with Crippen molar-refractivity contribution in [3.05, 3.63) is 47.5 Å². The quantitative estimate of drug-likeness (QED) is 0.549. The fourth-order valence-corrected chi connectivity index (χ4v) is 2.47. The van der Waals surface area contributed by atoms with Gasteiger partial charge < -0.3 is 18.9 Å². The van der Waals surface area contributed by atoms with Gasteiger partial charge in [0, 0.05) is 0 Å². The van der Waals surface area contributed by atoms with Crippen LogP contribution in [0.25, 0.3) is 0 Å². The predicted octanol–water partition coefficient (Wildman–Crippen LogP) is 4.45. The second-order valence-corrected chi connectivity index (χ2v) is 5.68. The highest BCUT2D eigenvalue weighted by atomic mass is 16.5. The van der Waals surface area contributed by atoms with E-state index < -0.39 is 5.97 Å².